The van der Waals surface area contributed by atoms with Gasteiger partial charge in [-0.25, -0.2) is 0 Å². The maximum absolute atomic E-state index is 12.7. The normalized spacial score (nSPS) is 20.5. The molecule has 0 saturated carbocycles. The highest BCUT2D eigenvalue weighted by molar-refractivity contribution is 7.10. The van der Waals surface area contributed by atoms with Gasteiger partial charge in [0.1, 0.15) is 0 Å². The van der Waals surface area contributed by atoms with E-state index in [1.165, 1.54) is 11.3 Å². The van der Waals surface area contributed by atoms with Crippen LogP contribution in [0.15, 0.2) is 11.4 Å². The van der Waals surface area contributed by atoms with Gasteiger partial charge in [-0.1, -0.05) is 11.8 Å². The van der Waals surface area contributed by atoms with E-state index in [0.29, 0.717) is 19.5 Å². The van der Waals surface area contributed by atoms with Crippen LogP contribution in [0.5, 0.6) is 0 Å². The summed E-state index contributed by atoms with van der Waals surface area (Å²) in [4.78, 5) is 2.93. The van der Waals surface area contributed by atoms with Crippen molar-refractivity contribution in [2.45, 2.75) is 25.6 Å². The van der Waals surface area contributed by atoms with E-state index in [2.05, 4.69) is 11.8 Å². The van der Waals surface area contributed by atoms with Crippen LogP contribution in [0.1, 0.15) is 23.3 Å². The van der Waals surface area contributed by atoms with Crippen LogP contribution in [-0.2, 0) is 6.54 Å². The van der Waals surface area contributed by atoms with Crippen molar-refractivity contribution in [1.29, 1.82) is 0 Å². The third kappa shape index (κ3) is 4.23. The molecule has 2 rings (SSSR count). The summed E-state index contributed by atoms with van der Waals surface area (Å²) >= 11 is 1.54. The molecule has 1 atom stereocenters. The quantitative estimate of drug-likeness (QED) is 0.851. The number of nitrogens with two attached hydrogens (primary N) is 1. The maximum Gasteiger partial charge on any atom is 0.393 e. The molecule has 0 amide bonds. The van der Waals surface area contributed by atoms with Gasteiger partial charge < -0.3 is 5.73 Å². The van der Waals surface area contributed by atoms with Gasteiger partial charge in [0.2, 0.25) is 0 Å². The Morgan fingerprint density at radius 3 is 2.95 bits per heavy atom. The van der Waals surface area contributed by atoms with Gasteiger partial charge >= 0.3 is 6.18 Å². The summed E-state index contributed by atoms with van der Waals surface area (Å²) in [6.45, 7) is 1.71. The number of nitrogens with zero attached hydrogens (tertiary/aromatic N) is 1. The molecule has 20 heavy (non-hydrogen) atoms. The van der Waals surface area contributed by atoms with Crippen molar-refractivity contribution >= 4 is 11.3 Å². The van der Waals surface area contributed by atoms with Gasteiger partial charge in [0, 0.05) is 28.9 Å². The van der Waals surface area contributed by atoms with E-state index in [1.54, 1.807) is 0 Å². The molecule has 1 aliphatic rings. The average Bonchev–Trinajstić information content (AvgIpc) is 2.83. The Labute approximate surface area is 120 Å². The summed E-state index contributed by atoms with van der Waals surface area (Å²) in [5.41, 5.74) is 6.19. The van der Waals surface area contributed by atoms with E-state index >= 15 is 0 Å². The van der Waals surface area contributed by atoms with Gasteiger partial charge in [-0.2, -0.15) is 13.2 Å². The zero-order valence-corrected chi connectivity index (χ0v) is 11.9. The van der Waals surface area contributed by atoms with Crippen LogP contribution < -0.4 is 5.73 Å². The number of alkyl halides is 3. The zero-order chi connectivity index (χ0) is 14.6. The van der Waals surface area contributed by atoms with Gasteiger partial charge in [0.05, 0.1) is 12.5 Å². The molecular weight excluding hydrogens is 285 g/mol. The van der Waals surface area contributed by atoms with Crippen molar-refractivity contribution in [2.75, 3.05) is 19.6 Å². The number of piperidine rings is 1. The topological polar surface area (TPSA) is 29.3 Å². The average molecular weight is 302 g/mol. The molecule has 2 nitrogen and oxygen atoms in total. The summed E-state index contributed by atoms with van der Waals surface area (Å²) in [6, 6.07) is 1.94. The summed E-state index contributed by atoms with van der Waals surface area (Å²) in [5, 5.41) is 1.92. The molecule has 1 saturated heterocycles. The zero-order valence-electron chi connectivity index (χ0n) is 11.0. The molecule has 110 valence electrons. The van der Waals surface area contributed by atoms with Crippen LogP contribution in [0.3, 0.4) is 0 Å². The fraction of sp³-hybridized carbons (Fsp3) is 0.571. The molecule has 2 heterocycles. The van der Waals surface area contributed by atoms with Crippen molar-refractivity contribution in [1.82, 2.24) is 4.90 Å². The number of hydrogen-bond acceptors (Lipinski definition) is 3. The maximum atomic E-state index is 12.7. The predicted molar refractivity (Wildman–Crippen MR) is 74.3 cm³/mol. The molecule has 1 unspecified atom stereocenters. The van der Waals surface area contributed by atoms with E-state index in [9.17, 15) is 13.2 Å². The molecular formula is C14H17F3N2S. The lowest BCUT2D eigenvalue weighted by Crippen LogP contribution is -2.41. The van der Waals surface area contributed by atoms with E-state index in [0.717, 1.165) is 17.0 Å². The van der Waals surface area contributed by atoms with Crippen molar-refractivity contribution < 1.29 is 13.2 Å². The van der Waals surface area contributed by atoms with E-state index < -0.39 is 12.1 Å². The Hall–Kier alpha value is -1.03. The minimum absolute atomic E-state index is 0.102. The van der Waals surface area contributed by atoms with Crippen molar-refractivity contribution in [3.05, 3.63) is 21.9 Å². The van der Waals surface area contributed by atoms with E-state index in [1.807, 2.05) is 16.3 Å². The minimum atomic E-state index is -4.08. The molecule has 0 aliphatic carbocycles. The highest BCUT2D eigenvalue weighted by Crippen LogP contribution is 2.33. The van der Waals surface area contributed by atoms with Crippen LogP contribution in [-0.4, -0.2) is 30.7 Å². The number of likely N-dealkylation sites (tertiary alicyclic amines) is 1. The van der Waals surface area contributed by atoms with E-state index in [4.69, 9.17) is 5.73 Å². The first-order chi connectivity index (χ1) is 9.49. The molecule has 0 radical (unpaired) electrons. The second-order valence-electron chi connectivity index (χ2n) is 4.92. The Morgan fingerprint density at radius 2 is 2.25 bits per heavy atom. The van der Waals surface area contributed by atoms with Gasteiger partial charge in [0.25, 0.3) is 0 Å². The van der Waals surface area contributed by atoms with Crippen LogP contribution in [0.4, 0.5) is 13.2 Å². The molecule has 6 heteroatoms. The minimum Gasteiger partial charge on any atom is -0.320 e. The Balaban J connectivity index is 1.94. The van der Waals surface area contributed by atoms with E-state index in [-0.39, 0.29) is 13.0 Å². The molecule has 0 aromatic carbocycles. The molecule has 1 aromatic rings. The number of hydrogen-bond donors (Lipinski definition) is 1. The third-order valence-electron chi connectivity index (χ3n) is 3.34. The van der Waals surface area contributed by atoms with Crippen LogP contribution in [0.2, 0.25) is 0 Å². The summed E-state index contributed by atoms with van der Waals surface area (Å²) in [5.74, 6) is 4.52. The van der Waals surface area contributed by atoms with Gasteiger partial charge in [-0.05, 0) is 25.5 Å². The monoisotopic (exact) mass is 302 g/mol. The second kappa shape index (κ2) is 6.61. The van der Waals surface area contributed by atoms with Crippen LogP contribution in [0, 0.1) is 17.8 Å². The molecule has 1 aromatic heterocycles. The lowest BCUT2D eigenvalue weighted by Gasteiger charge is -2.33. The van der Waals surface area contributed by atoms with Crippen LogP contribution in [0.25, 0.3) is 0 Å². The number of halogens is 3. The van der Waals surface area contributed by atoms with Crippen molar-refractivity contribution in [3.8, 4) is 11.8 Å². The lowest BCUT2D eigenvalue weighted by atomic mass is 9.97. The standard InChI is InChI=1S/C14H17F3N2S/c15-14(16,17)12-4-2-6-19(8-12)9-13-7-11(10-20-13)3-1-5-18/h7,10,12H,2,4-6,8-9,18H2. The first kappa shape index (κ1) is 15.4. The Morgan fingerprint density at radius 1 is 1.45 bits per heavy atom. The number of thiophene rings is 1. The van der Waals surface area contributed by atoms with Gasteiger partial charge in [-0.15, -0.1) is 11.3 Å². The van der Waals surface area contributed by atoms with Crippen molar-refractivity contribution in [3.63, 3.8) is 0 Å². The Kier molecular flexibility index (Phi) is 5.08. The molecule has 0 bridgehead atoms. The first-order valence-corrected chi connectivity index (χ1v) is 7.42. The smallest absolute Gasteiger partial charge is 0.320 e. The fourth-order valence-electron chi connectivity index (χ4n) is 2.37. The fourth-order valence-corrected chi connectivity index (χ4v) is 3.23. The van der Waals surface area contributed by atoms with Crippen molar-refractivity contribution in [2.24, 2.45) is 11.7 Å². The summed E-state index contributed by atoms with van der Waals surface area (Å²) in [6.07, 6.45) is -3.22. The highest BCUT2D eigenvalue weighted by atomic mass is 32.1. The highest BCUT2D eigenvalue weighted by Gasteiger charge is 2.41. The second-order valence-corrected chi connectivity index (χ2v) is 5.92. The van der Waals surface area contributed by atoms with Gasteiger partial charge in [0.15, 0.2) is 0 Å². The molecule has 1 aliphatic heterocycles. The number of rotatable bonds is 2. The summed E-state index contributed by atoms with van der Waals surface area (Å²) in [7, 11) is 0. The Bertz CT molecular complexity index is 498. The van der Waals surface area contributed by atoms with Gasteiger partial charge in [-0.3, -0.25) is 4.90 Å². The largest absolute Gasteiger partial charge is 0.393 e. The third-order valence-corrected chi connectivity index (χ3v) is 4.26. The molecule has 2 N–H and O–H groups in total. The summed E-state index contributed by atoms with van der Waals surface area (Å²) < 4.78 is 38.2. The predicted octanol–water partition coefficient (Wildman–Crippen LogP) is 2.83. The molecule has 0 spiro atoms. The van der Waals surface area contributed by atoms with Crippen LogP contribution >= 0.6 is 11.3 Å². The SMILES string of the molecule is NCC#Cc1csc(CN2CCCC(C(F)(F)F)C2)c1. The first-order valence-electron chi connectivity index (χ1n) is 6.54. The lowest BCUT2D eigenvalue weighted by molar-refractivity contribution is -0.187. The molecule has 1 fully saturated rings.